The first-order chi connectivity index (χ1) is 6.30. The summed E-state index contributed by atoms with van der Waals surface area (Å²) in [5.41, 5.74) is -0.430. The normalized spacial score (nSPS) is 26.2. The van der Waals surface area contributed by atoms with E-state index in [1.165, 1.54) is 0 Å². The number of rotatable bonds is 3. The molecule has 0 aliphatic carbocycles. The van der Waals surface area contributed by atoms with Crippen molar-refractivity contribution < 1.29 is 9.31 Å². The number of allylic oxidation sites excluding steroid dienone is 1. The van der Waals surface area contributed by atoms with Crippen molar-refractivity contribution in [2.75, 3.05) is 0 Å². The maximum absolute atomic E-state index is 5.91. The van der Waals surface area contributed by atoms with Gasteiger partial charge in [-0.1, -0.05) is 13.0 Å². The molecule has 0 aromatic rings. The second kappa shape index (κ2) is 3.71. The Hall–Kier alpha value is -0.275. The van der Waals surface area contributed by atoms with Crippen LogP contribution in [0.1, 0.15) is 41.0 Å². The van der Waals surface area contributed by atoms with Gasteiger partial charge in [-0.3, -0.25) is 0 Å². The first kappa shape index (κ1) is 11.8. The molecule has 2 nitrogen and oxygen atoms in total. The highest BCUT2D eigenvalue weighted by molar-refractivity contribution is 6.47. The Kier molecular flexibility index (Phi) is 3.12. The molecular formula is C11H21BO2. The quantitative estimate of drug-likeness (QED) is 0.510. The van der Waals surface area contributed by atoms with Crippen molar-refractivity contribution in [3.8, 4) is 0 Å². The third-order valence-electron chi connectivity index (χ3n) is 3.27. The minimum atomic E-state index is -0.215. The lowest BCUT2D eigenvalue weighted by Gasteiger charge is -2.32. The van der Waals surface area contributed by atoms with E-state index in [0.29, 0.717) is 5.82 Å². The molecule has 1 aliphatic heterocycles. The monoisotopic (exact) mass is 196 g/mol. The Balaban J connectivity index is 2.67. The van der Waals surface area contributed by atoms with Crippen molar-refractivity contribution in [2.24, 2.45) is 0 Å². The van der Waals surface area contributed by atoms with E-state index in [1.54, 1.807) is 0 Å². The van der Waals surface area contributed by atoms with E-state index in [0.717, 1.165) is 6.42 Å². The van der Waals surface area contributed by atoms with Crippen molar-refractivity contribution in [1.29, 1.82) is 0 Å². The van der Waals surface area contributed by atoms with Gasteiger partial charge in [0.1, 0.15) is 0 Å². The average molecular weight is 196 g/mol. The summed E-state index contributed by atoms with van der Waals surface area (Å²) in [5.74, 6) is 0.369. The molecule has 0 spiro atoms. The van der Waals surface area contributed by atoms with E-state index < -0.39 is 0 Å². The SMILES string of the molecule is C=CCC(C)B1OC(C)(C)C(C)(C)O1. The van der Waals surface area contributed by atoms with Gasteiger partial charge in [-0.15, -0.1) is 6.58 Å². The van der Waals surface area contributed by atoms with Crippen molar-refractivity contribution in [2.45, 2.75) is 58.1 Å². The van der Waals surface area contributed by atoms with Crippen LogP contribution in [0.25, 0.3) is 0 Å². The van der Waals surface area contributed by atoms with Gasteiger partial charge in [0.25, 0.3) is 0 Å². The summed E-state index contributed by atoms with van der Waals surface area (Å²) in [6.45, 7) is 14.2. The van der Waals surface area contributed by atoms with Crippen molar-refractivity contribution in [1.82, 2.24) is 0 Å². The summed E-state index contributed by atoms with van der Waals surface area (Å²) in [6, 6.07) is 0. The Morgan fingerprint density at radius 1 is 1.21 bits per heavy atom. The third kappa shape index (κ3) is 2.04. The minimum Gasteiger partial charge on any atom is -0.403 e. The van der Waals surface area contributed by atoms with Crippen LogP contribution in [0.3, 0.4) is 0 Å². The molecule has 1 fully saturated rings. The van der Waals surface area contributed by atoms with Gasteiger partial charge >= 0.3 is 7.12 Å². The van der Waals surface area contributed by atoms with Gasteiger partial charge in [0.2, 0.25) is 0 Å². The predicted molar refractivity (Wildman–Crippen MR) is 60.3 cm³/mol. The van der Waals surface area contributed by atoms with Crippen LogP contribution in [0.5, 0.6) is 0 Å². The second-order valence-corrected chi connectivity index (χ2v) is 5.13. The number of hydrogen-bond acceptors (Lipinski definition) is 2. The van der Waals surface area contributed by atoms with Crippen molar-refractivity contribution in [3.63, 3.8) is 0 Å². The summed E-state index contributed by atoms with van der Waals surface area (Å²) in [6.07, 6.45) is 2.84. The second-order valence-electron chi connectivity index (χ2n) is 5.13. The highest BCUT2D eigenvalue weighted by Crippen LogP contribution is 2.40. The zero-order chi connectivity index (χ0) is 11.0. The predicted octanol–water partition coefficient (Wildman–Crippen LogP) is 3.04. The molecule has 1 unspecified atom stereocenters. The zero-order valence-electron chi connectivity index (χ0n) is 9.96. The fourth-order valence-electron chi connectivity index (χ4n) is 1.49. The van der Waals surface area contributed by atoms with Crippen LogP contribution in [-0.2, 0) is 9.31 Å². The first-order valence-corrected chi connectivity index (χ1v) is 5.27. The third-order valence-corrected chi connectivity index (χ3v) is 3.27. The Labute approximate surface area is 87.8 Å². The highest BCUT2D eigenvalue weighted by atomic mass is 16.7. The lowest BCUT2D eigenvalue weighted by molar-refractivity contribution is 0.00578. The Bertz CT molecular complexity index is 207. The average Bonchev–Trinajstić information content (AvgIpc) is 2.22. The van der Waals surface area contributed by atoms with Crippen LogP contribution in [0, 0.1) is 0 Å². The summed E-state index contributed by atoms with van der Waals surface area (Å²) in [4.78, 5) is 0. The van der Waals surface area contributed by atoms with Crippen LogP contribution < -0.4 is 0 Å². The summed E-state index contributed by atoms with van der Waals surface area (Å²) < 4.78 is 11.8. The van der Waals surface area contributed by atoms with Gasteiger partial charge in [-0.2, -0.15) is 0 Å². The molecule has 0 aromatic carbocycles. The Morgan fingerprint density at radius 2 is 1.64 bits per heavy atom. The van der Waals surface area contributed by atoms with Crippen LogP contribution in [0.2, 0.25) is 5.82 Å². The molecule has 1 saturated heterocycles. The number of hydrogen-bond donors (Lipinski definition) is 0. The smallest absolute Gasteiger partial charge is 0.403 e. The lowest BCUT2D eigenvalue weighted by Crippen LogP contribution is -2.41. The Morgan fingerprint density at radius 3 is 2.00 bits per heavy atom. The van der Waals surface area contributed by atoms with Gasteiger partial charge in [0.15, 0.2) is 0 Å². The van der Waals surface area contributed by atoms with Gasteiger partial charge < -0.3 is 9.31 Å². The summed E-state index contributed by atoms with van der Waals surface area (Å²) in [5, 5.41) is 0. The maximum Gasteiger partial charge on any atom is 0.461 e. The topological polar surface area (TPSA) is 18.5 Å². The molecule has 0 amide bonds. The molecule has 0 radical (unpaired) electrons. The molecule has 0 aromatic heterocycles. The summed E-state index contributed by atoms with van der Waals surface area (Å²) in [7, 11) is -0.0991. The lowest BCUT2D eigenvalue weighted by atomic mass is 9.71. The van der Waals surface area contributed by atoms with Gasteiger partial charge in [0, 0.05) is 0 Å². The fraction of sp³-hybridized carbons (Fsp3) is 0.818. The minimum absolute atomic E-state index is 0.0991. The van der Waals surface area contributed by atoms with Crippen molar-refractivity contribution in [3.05, 3.63) is 12.7 Å². The molecule has 0 saturated carbocycles. The molecule has 0 bridgehead atoms. The maximum atomic E-state index is 5.91. The molecule has 3 heteroatoms. The van der Waals surface area contributed by atoms with Crippen LogP contribution >= 0.6 is 0 Å². The molecule has 14 heavy (non-hydrogen) atoms. The van der Waals surface area contributed by atoms with E-state index in [4.69, 9.17) is 9.31 Å². The molecule has 0 N–H and O–H groups in total. The van der Waals surface area contributed by atoms with Crippen LogP contribution in [0.4, 0.5) is 0 Å². The first-order valence-electron chi connectivity index (χ1n) is 5.27. The van der Waals surface area contributed by atoms with E-state index in [-0.39, 0.29) is 18.3 Å². The van der Waals surface area contributed by atoms with Crippen LogP contribution in [-0.4, -0.2) is 18.3 Å². The fourth-order valence-corrected chi connectivity index (χ4v) is 1.49. The van der Waals surface area contributed by atoms with Gasteiger partial charge in [-0.05, 0) is 39.9 Å². The molecule has 80 valence electrons. The van der Waals surface area contributed by atoms with E-state index in [2.05, 4.69) is 41.2 Å². The molecule has 1 rings (SSSR count). The highest BCUT2D eigenvalue weighted by Gasteiger charge is 2.52. The zero-order valence-corrected chi connectivity index (χ0v) is 9.96. The van der Waals surface area contributed by atoms with E-state index in [9.17, 15) is 0 Å². The van der Waals surface area contributed by atoms with Gasteiger partial charge in [0.05, 0.1) is 11.2 Å². The standard InChI is InChI=1S/C11H21BO2/c1-7-8-9(2)12-13-10(3,4)11(5,6)14-12/h7,9H,1,8H2,2-6H3. The molecule has 1 atom stereocenters. The van der Waals surface area contributed by atoms with E-state index in [1.807, 2.05) is 6.08 Å². The summed E-state index contributed by atoms with van der Waals surface area (Å²) >= 11 is 0. The van der Waals surface area contributed by atoms with E-state index >= 15 is 0 Å². The molecule has 1 aliphatic rings. The molecule has 1 heterocycles. The van der Waals surface area contributed by atoms with Crippen LogP contribution in [0.15, 0.2) is 12.7 Å². The van der Waals surface area contributed by atoms with Gasteiger partial charge in [-0.25, -0.2) is 0 Å². The molecular weight excluding hydrogens is 175 g/mol. The largest absolute Gasteiger partial charge is 0.461 e. The van der Waals surface area contributed by atoms with Crippen molar-refractivity contribution >= 4 is 7.12 Å².